The second kappa shape index (κ2) is 8.90. The lowest BCUT2D eigenvalue weighted by molar-refractivity contribution is -0.146. The fourth-order valence-electron chi connectivity index (χ4n) is 1.44. The zero-order chi connectivity index (χ0) is 13.0. The molecule has 2 heterocycles. The smallest absolute Gasteiger partial charge is 0.376 e. The van der Waals surface area contributed by atoms with Crippen LogP contribution in [-0.2, 0) is 9.59 Å². The van der Waals surface area contributed by atoms with Gasteiger partial charge >= 0.3 is 19.0 Å². The summed E-state index contributed by atoms with van der Waals surface area (Å²) < 4.78 is 0. The highest BCUT2D eigenvalue weighted by molar-refractivity contribution is 6.45. The van der Waals surface area contributed by atoms with Gasteiger partial charge in [0.1, 0.15) is 0 Å². The number of carboxylic acid groups (broad SMARTS) is 2. The Morgan fingerprint density at radius 3 is 1.68 bits per heavy atom. The third kappa shape index (κ3) is 6.04. The summed E-state index contributed by atoms with van der Waals surface area (Å²) in [6.45, 7) is 3.89. The van der Waals surface area contributed by atoms with Crippen molar-refractivity contribution < 1.29 is 24.8 Å². The standard InChI is InChI=1S/C5H10BNO3.C4H7NO2.2CH4/c1-6(10)7-2-4(3-7)5(8)9;6-4(7)3-1-5-2-3;;/h4,10H,2-3H2,1H3,(H,8,9);3,5H,1-2H2,(H,6,7);2*1H4. The highest BCUT2D eigenvalue weighted by Gasteiger charge is 2.35. The molecule has 4 N–H and O–H groups in total. The van der Waals surface area contributed by atoms with Crippen LogP contribution in [0.15, 0.2) is 0 Å². The van der Waals surface area contributed by atoms with Gasteiger partial charge in [-0.05, 0) is 6.82 Å². The van der Waals surface area contributed by atoms with E-state index in [1.165, 1.54) is 0 Å². The normalized spacial score (nSPS) is 18.4. The van der Waals surface area contributed by atoms with Crippen LogP contribution in [0.4, 0.5) is 0 Å². The van der Waals surface area contributed by atoms with Crippen LogP contribution in [0.1, 0.15) is 14.9 Å². The first-order chi connectivity index (χ1) is 7.91. The van der Waals surface area contributed by atoms with Gasteiger partial charge in [0.05, 0.1) is 11.8 Å². The van der Waals surface area contributed by atoms with Crippen molar-refractivity contribution in [2.75, 3.05) is 26.2 Å². The van der Waals surface area contributed by atoms with E-state index in [0.29, 0.717) is 26.2 Å². The van der Waals surface area contributed by atoms with Gasteiger partial charge in [0.2, 0.25) is 0 Å². The van der Waals surface area contributed by atoms with Crippen molar-refractivity contribution in [1.82, 2.24) is 10.1 Å². The summed E-state index contributed by atoms with van der Waals surface area (Å²) in [6, 6.07) is 0. The van der Waals surface area contributed by atoms with Crippen LogP contribution in [0.25, 0.3) is 0 Å². The van der Waals surface area contributed by atoms with Gasteiger partial charge in [-0.15, -0.1) is 0 Å². The van der Waals surface area contributed by atoms with Crippen molar-refractivity contribution in [3.63, 3.8) is 0 Å². The molecule has 0 amide bonds. The van der Waals surface area contributed by atoms with Gasteiger partial charge in [-0.3, -0.25) is 9.59 Å². The monoisotopic (exact) mass is 276 g/mol. The van der Waals surface area contributed by atoms with Crippen molar-refractivity contribution in [2.24, 2.45) is 11.8 Å². The van der Waals surface area contributed by atoms with Crippen molar-refractivity contribution in [3.05, 3.63) is 0 Å². The Labute approximate surface area is 114 Å². The molecule has 0 aromatic rings. The fraction of sp³-hybridized carbons (Fsp3) is 0.818. The molecule has 0 aromatic carbocycles. The maximum absolute atomic E-state index is 10.2. The molecule has 8 heteroatoms. The van der Waals surface area contributed by atoms with E-state index in [9.17, 15) is 9.59 Å². The molecule has 2 saturated heterocycles. The number of carboxylic acids is 2. The molecule has 19 heavy (non-hydrogen) atoms. The molecule has 7 nitrogen and oxygen atoms in total. The van der Waals surface area contributed by atoms with E-state index in [1.807, 2.05) is 0 Å². The number of nitrogens with zero attached hydrogens (tertiary/aromatic N) is 1. The zero-order valence-corrected chi connectivity index (χ0v) is 9.67. The number of hydrogen-bond acceptors (Lipinski definition) is 5. The molecule has 0 unspecified atom stereocenters. The van der Waals surface area contributed by atoms with Gasteiger partial charge < -0.3 is 25.4 Å². The maximum atomic E-state index is 10.2. The van der Waals surface area contributed by atoms with Gasteiger partial charge in [-0.1, -0.05) is 14.9 Å². The zero-order valence-electron chi connectivity index (χ0n) is 9.67. The fourth-order valence-corrected chi connectivity index (χ4v) is 1.44. The molecule has 0 spiro atoms. The first-order valence-electron chi connectivity index (χ1n) is 5.50. The summed E-state index contributed by atoms with van der Waals surface area (Å²) in [5.74, 6) is -1.83. The largest absolute Gasteiger partial charge is 0.481 e. The molecule has 2 rings (SSSR count). The quantitative estimate of drug-likeness (QED) is 0.523. The minimum atomic E-state index is -0.767. The predicted molar refractivity (Wildman–Crippen MR) is 74.0 cm³/mol. The molecular formula is C11H25BN2O5. The molecule has 112 valence electrons. The molecule has 0 aromatic heterocycles. The Balaban J connectivity index is 0. The Hall–Kier alpha value is -1.12. The minimum Gasteiger partial charge on any atom is -0.481 e. The van der Waals surface area contributed by atoms with E-state index in [0.717, 1.165) is 0 Å². The Morgan fingerprint density at radius 2 is 1.53 bits per heavy atom. The predicted octanol–water partition coefficient (Wildman–Crippen LogP) is -0.324. The van der Waals surface area contributed by atoms with Crippen LogP contribution in [0.5, 0.6) is 0 Å². The molecule has 0 bridgehead atoms. The van der Waals surface area contributed by atoms with E-state index in [1.54, 1.807) is 11.6 Å². The van der Waals surface area contributed by atoms with Gasteiger partial charge in [0.25, 0.3) is 0 Å². The average molecular weight is 276 g/mol. The second-order valence-corrected chi connectivity index (χ2v) is 4.31. The maximum Gasteiger partial charge on any atom is 0.376 e. The van der Waals surface area contributed by atoms with Gasteiger partial charge in [-0.25, -0.2) is 0 Å². The summed E-state index contributed by atoms with van der Waals surface area (Å²) in [4.78, 5) is 21.9. The van der Waals surface area contributed by atoms with Crippen molar-refractivity contribution >= 4 is 19.0 Å². The van der Waals surface area contributed by atoms with E-state index < -0.39 is 19.0 Å². The van der Waals surface area contributed by atoms with E-state index in [2.05, 4.69) is 5.32 Å². The summed E-state index contributed by atoms with van der Waals surface area (Å²) in [7, 11) is -0.504. The molecule has 2 fully saturated rings. The first kappa shape index (κ1) is 20.2. The topological polar surface area (TPSA) is 110 Å². The Morgan fingerprint density at radius 1 is 1.11 bits per heavy atom. The second-order valence-electron chi connectivity index (χ2n) is 4.31. The van der Waals surface area contributed by atoms with Gasteiger partial charge in [0, 0.05) is 26.2 Å². The van der Waals surface area contributed by atoms with E-state index in [-0.39, 0.29) is 26.7 Å². The third-order valence-corrected chi connectivity index (χ3v) is 2.92. The van der Waals surface area contributed by atoms with Gasteiger partial charge in [0.15, 0.2) is 0 Å². The van der Waals surface area contributed by atoms with Crippen LogP contribution in [0, 0.1) is 11.8 Å². The number of carbonyl (C=O) groups is 2. The number of rotatable bonds is 3. The van der Waals surface area contributed by atoms with E-state index >= 15 is 0 Å². The number of hydrogen-bond donors (Lipinski definition) is 4. The van der Waals surface area contributed by atoms with Gasteiger partial charge in [-0.2, -0.15) is 0 Å². The number of aliphatic carboxylic acids is 2. The van der Waals surface area contributed by atoms with Crippen LogP contribution in [-0.4, -0.2) is 65.2 Å². The van der Waals surface area contributed by atoms with Crippen LogP contribution < -0.4 is 5.32 Å². The third-order valence-electron chi connectivity index (χ3n) is 2.92. The lowest BCUT2D eigenvalue weighted by Crippen LogP contribution is -2.56. The molecule has 0 radical (unpaired) electrons. The highest BCUT2D eigenvalue weighted by Crippen LogP contribution is 2.15. The number of nitrogens with one attached hydrogen (secondary N) is 1. The first-order valence-corrected chi connectivity index (χ1v) is 5.50. The van der Waals surface area contributed by atoms with Crippen molar-refractivity contribution in [3.8, 4) is 0 Å². The van der Waals surface area contributed by atoms with Crippen LogP contribution in [0.3, 0.4) is 0 Å². The summed E-state index contributed by atoms with van der Waals surface area (Å²) >= 11 is 0. The van der Waals surface area contributed by atoms with Crippen LogP contribution >= 0.6 is 0 Å². The minimum absolute atomic E-state index is 0. The van der Waals surface area contributed by atoms with Crippen molar-refractivity contribution in [2.45, 2.75) is 21.7 Å². The molecule has 0 atom stereocenters. The molecule has 0 saturated carbocycles. The molecule has 0 aliphatic carbocycles. The lowest BCUT2D eigenvalue weighted by atomic mass is 9.78. The molecule has 2 aliphatic rings. The average Bonchev–Trinajstić information content (AvgIpc) is 1.94. The Bertz CT molecular complexity index is 291. The lowest BCUT2D eigenvalue weighted by Gasteiger charge is -2.37. The van der Waals surface area contributed by atoms with Crippen molar-refractivity contribution in [1.29, 1.82) is 0 Å². The molecule has 2 aliphatic heterocycles. The summed E-state index contributed by atoms with van der Waals surface area (Å²) in [6.07, 6.45) is 0. The SMILES string of the molecule is C.C.CB(O)N1CC(C(=O)O)C1.O=C(O)C1CNC1. The molecular weight excluding hydrogens is 251 g/mol. The summed E-state index contributed by atoms with van der Waals surface area (Å²) in [5.41, 5.74) is 0. The highest BCUT2D eigenvalue weighted by atomic mass is 16.4. The Kier molecular flexibility index (Phi) is 9.46. The van der Waals surface area contributed by atoms with E-state index in [4.69, 9.17) is 15.2 Å². The summed E-state index contributed by atoms with van der Waals surface area (Å²) in [5, 5.41) is 28.4. The van der Waals surface area contributed by atoms with Crippen LogP contribution in [0.2, 0.25) is 6.82 Å².